The lowest BCUT2D eigenvalue weighted by Crippen LogP contribution is -2.29. The second-order valence-electron chi connectivity index (χ2n) is 7.70. The first-order chi connectivity index (χ1) is 17.9. The molecule has 1 aliphatic rings. The van der Waals surface area contributed by atoms with Gasteiger partial charge in [0, 0.05) is 4.90 Å². The van der Waals surface area contributed by atoms with Crippen LogP contribution < -0.4 is 15.0 Å². The Kier molecular flexibility index (Phi) is 7.86. The minimum atomic E-state index is -0.815. The van der Waals surface area contributed by atoms with E-state index in [1.807, 2.05) is 13.0 Å². The molecule has 0 aliphatic carbocycles. The molecule has 0 aromatic heterocycles. The smallest absolute Gasteiger partial charge is 0.338 e. The number of anilines is 2. The molecule has 1 N–H and O–H groups in total. The van der Waals surface area contributed by atoms with E-state index < -0.39 is 30.3 Å². The van der Waals surface area contributed by atoms with Crippen molar-refractivity contribution < 1.29 is 28.7 Å². The molecule has 10 heteroatoms. The number of imide groups is 1. The predicted molar refractivity (Wildman–Crippen MR) is 137 cm³/mol. The van der Waals surface area contributed by atoms with Crippen LogP contribution >= 0.6 is 11.8 Å². The van der Waals surface area contributed by atoms with Gasteiger partial charge in [-0.1, -0.05) is 12.1 Å². The van der Waals surface area contributed by atoms with Crippen LogP contribution in [0.5, 0.6) is 5.75 Å². The Balaban J connectivity index is 1.41. The molecule has 0 saturated heterocycles. The van der Waals surface area contributed by atoms with Crippen LogP contribution in [0.3, 0.4) is 0 Å². The van der Waals surface area contributed by atoms with Gasteiger partial charge in [-0.3, -0.25) is 14.4 Å². The zero-order valence-corrected chi connectivity index (χ0v) is 20.5. The number of ether oxygens (including phenoxy) is 2. The first-order valence-corrected chi connectivity index (χ1v) is 12.2. The SMILES string of the molecule is CCOc1ccc(N2C(=O)c3ccc(C(=O)OCC(=O)Nc4ccccc4SCC#N)cc3C2=O)cc1. The number of carbonyl (C=O) groups excluding carboxylic acids is 4. The molecule has 0 radical (unpaired) electrons. The van der Waals surface area contributed by atoms with E-state index in [0.29, 0.717) is 28.6 Å². The van der Waals surface area contributed by atoms with Gasteiger partial charge in [0.2, 0.25) is 0 Å². The van der Waals surface area contributed by atoms with Gasteiger partial charge in [-0.15, -0.1) is 11.8 Å². The van der Waals surface area contributed by atoms with E-state index in [1.54, 1.807) is 48.5 Å². The van der Waals surface area contributed by atoms with Crippen molar-refractivity contribution in [3.63, 3.8) is 0 Å². The minimum absolute atomic E-state index is 0.0335. The molecule has 37 heavy (non-hydrogen) atoms. The van der Waals surface area contributed by atoms with Crippen molar-refractivity contribution in [2.75, 3.05) is 29.2 Å². The summed E-state index contributed by atoms with van der Waals surface area (Å²) >= 11 is 1.27. The first kappa shape index (κ1) is 25.5. The molecule has 0 saturated carbocycles. The maximum Gasteiger partial charge on any atom is 0.338 e. The average Bonchev–Trinajstić information content (AvgIpc) is 3.16. The largest absolute Gasteiger partial charge is 0.494 e. The summed E-state index contributed by atoms with van der Waals surface area (Å²) < 4.78 is 10.5. The number of thioether (sulfide) groups is 1. The van der Waals surface area contributed by atoms with Gasteiger partial charge >= 0.3 is 5.97 Å². The molecule has 1 heterocycles. The Morgan fingerprint density at radius 1 is 1.00 bits per heavy atom. The van der Waals surface area contributed by atoms with Crippen LogP contribution in [0.4, 0.5) is 11.4 Å². The normalized spacial score (nSPS) is 12.1. The Bertz CT molecular complexity index is 1410. The topological polar surface area (TPSA) is 126 Å². The number of nitrogens with zero attached hydrogens (tertiary/aromatic N) is 2. The van der Waals surface area contributed by atoms with Gasteiger partial charge in [-0.05, 0) is 61.5 Å². The summed E-state index contributed by atoms with van der Waals surface area (Å²) in [4.78, 5) is 52.5. The Morgan fingerprint density at radius 2 is 1.73 bits per heavy atom. The fraction of sp³-hybridized carbons (Fsp3) is 0.148. The van der Waals surface area contributed by atoms with Gasteiger partial charge in [0.15, 0.2) is 6.61 Å². The van der Waals surface area contributed by atoms with E-state index in [-0.39, 0.29) is 22.4 Å². The lowest BCUT2D eigenvalue weighted by atomic mass is 10.1. The lowest BCUT2D eigenvalue weighted by Gasteiger charge is -2.14. The van der Waals surface area contributed by atoms with E-state index in [4.69, 9.17) is 14.7 Å². The summed E-state index contributed by atoms with van der Waals surface area (Å²) in [5.74, 6) is -1.62. The number of fused-ring (bicyclic) bond motifs is 1. The number of nitrogens with one attached hydrogen (secondary N) is 1. The summed E-state index contributed by atoms with van der Waals surface area (Å²) in [6, 6.07) is 19.6. The third-order valence-electron chi connectivity index (χ3n) is 5.32. The molecule has 3 aromatic rings. The van der Waals surface area contributed by atoms with E-state index in [2.05, 4.69) is 5.32 Å². The van der Waals surface area contributed by atoms with Crippen molar-refractivity contribution in [2.45, 2.75) is 11.8 Å². The number of para-hydroxylation sites is 1. The van der Waals surface area contributed by atoms with Crippen LogP contribution in [0.15, 0.2) is 71.6 Å². The van der Waals surface area contributed by atoms with Gasteiger partial charge in [-0.2, -0.15) is 5.26 Å². The summed E-state index contributed by atoms with van der Waals surface area (Å²) in [7, 11) is 0. The molecular formula is C27H21N3O6S. The molecule has 3 amide bonds. The van der Waals surface area contributed by atoms with E-state index in [0.717, 1.165) is 4.90 Å². The van der Waals surface area contributed by atoms with E-state index >= 15 is 0 Å². The quantitative estimate of drug-likeness (QED) is 0.254. The maximum absolute atomic E-state index is 13.0. The minimum Gasteiger partial charge on any atom is -0.494 e. The van der Waals surface area contributed by atoms with Gasteiger partial charge in [0.05, 0.1) is 46.5 Å². The van der Waals surface area contributed by atoms with E-state index in [9.17, 15) is 19.2 Å². The Hall–Kier alpha value is -4.62. The highest BCUT2D eigenvalue weighted by Gasteiger charge is 2.37. The Morgan fingerprint density at radius 3 is 2.46 bits per heavy atom. The number of hydrogen-bond donors (Lipinski definition) is 1. The van der Waals surface area contributed by atoms with Crippen LogP contribution in [0, 0.1) is 11.3 Å². The highest BCUT2D eigenvalue weighted by atomic mass is 32.2. The lowest BCUT2D eigenvalue weighted by molar-refractivity contribution is -0.119. The first-order valence-electron chi connectivity index (χ1n) is 11.2. The van der Waals surface area contributed by atoms with Crippen molar-refractivity contribution in [3.05, 3.63) is 83.4 Å². The number of nitriles is 1. The third-order valence-corrected chi connectivity index (χ3v) is 6.26. The number of rotatable bonds is 9. The van der Waals surface area contributed by atoms with Crippen LogP contribution in [-0.2, 0) is 9.53 Å². The monoisotopic (exact) mass is 515 g/mol. The molecule has 1 aliphatic heterocycles. The highest BCUT2D eigenvalue weighted by molar-refractivity contribution is 7.99. The summed E-state index contributed by atoms with van der Waals surface area (Å²) in [5.41, 5.74) is 1.15. The molecule has 0 atom stereocenters. The van der Waals surface area contributed by atoms with Gasteiger partial charge in [-0.25, -0.2) is 9.69 Å². The van der Waals surface area contributed by atoms with Crippen LogP contribution in [0.25, 0.3) is 0 Å². The van der Waals surface area contributed by atoms with Crippen molar-refractivity contribution in [3.8, 4) is 11.8 Å². The molecule has 0 spiro atoms. The molecule has 4 rings (SSSR count). The maximum atomic E-state index is 13.0. The molecular weight excluding hydrogens is 494 g/mol. The second-order valence-corrected chi connectivity index (χ2v) is 8.72. The molecule has 3 aromatic carbocycles. The van der Waals surface area contributed by atoms with Crippen molar-refractivity contribution in [1.29, 1.82) is 5.26 Å². The zero-order chi connectivity index (χ0) is 26.4. The van der Waals surface area contributed by atoms with Crippen molar-refractivity contribution >= 4 is 46.8 Å². The molecule has 9 nitrogen and oxygen atoms in total. The molecule has 0 fully saturated rings. The third kappa shape index (κ3) is 5.63. The Labute approximate surface area is 217 Å². The van der Waals surface area contributed by atoms with Gasteiger partial charge in [0.25, 0.3) is 17.7 Å². The summed E-state index contributed by atoms with van der Waals surface area (Å²) in [6.07, 6.45) is 0. The standard InChI is InChI=1S/C27H21N3O6S/c1-2-35-19-10-8-18(9-11-19)30-25(32)20-12-7-17(15-21(20)26(30)33)27(34)36-16-24(31)29-22-5-3-4-6-23(22)37-14-13-28/h3-12,15H,2,14,16H2,1H3,(H,29,31). The van der Waals surface area contributed by atoms with Crippen LogP contribution in [0.1, 0.15) is 38.0 Å². The van der Waals surface area contributed by atoms with Crippen molar-refractivity contribution in [2.24, 2.45) is 0 Å². The number of hydrogen-bond acceptors (Lipinski definition) is 8. The highest BCUT2D eigenvalue weighted by Crippen LogP contribution is 2.30. The van der Waals surface area contributed by atoms with Crippen molar-refractivity contribution in [1.82, 2.24) is 0 Å². The second kappa shape index (κ2) is 11.4. The number of carbonyl (C=O) groups is 4. The molecule has 0 bridgehead atoms. The average molecular weight is 516 g/mol. The van der Waals surface area contributed by atoms with Gasteiger partial charge < -0.3 is 14.8 Å². The van der Waals surface area contributed by atoms with Crippen LogP contribution in [0.2, 0.25) is 0 Å². The summed E-state index contributed by atoms with van der Waals surface area (Å²) in [6.45, 7) is 1.78. The number of amides is 3. The van der Waals surface area contributed by atoms with E-state index in [1.165, 1.54) is 30.0 Å². The zero-order valence-electron chi connectivity index (χ0n) is 19.7. The molecule has 186 valence electrons. The summed E-state index contributed by atoms with van der Waals surface area (Å²) in [5, 5.41) is 11.4. The fourth-order valence-electron chi connectivity index (χ4n) is 3.67. The number of esters is 1. The molecule has 0 unspecified atom stereocenters. The number of benzene rings is 3. The van der Waals surface area contributed by atoms with Gasteiger partial charge in [0.1, 0.15) is 5.75 Å². The van der Waals surface area contributed by atoms with Crippen LogP contribution in [-0.4, -0.2) is 42.7 Å². The fourth-order valence-corrected chi connectivity index (χ4v) is 4.34. The predicted octanol–water partition coefficient (Wildman–Crippen LogP) is 4.30.